The Kier molecular flexibility index (Phi) is 6.30. The van der Waals surface area contributed by atoms with Crippen molar-refractivity contribution < 1.29 is 23.5 Å². The van der Waals surface area contributed by atoms with Crippen LogP contribution in [0.2, 0.25) is 0 Å². The third-order valence-corrected chi connectivity index (χ3v) is 5.40. The summed E-state index contributed by atoms with van der Waals surface area (Å²) >= 11 is 0. The van der Waals surface area contributed by atoms with Gasteiger partial charge in [0.15, 0.2) is 17.3 Å². The second kappa shape index (κ2) is 9.47. The first-order valence-electron chi connectivity index (χ1n) is 10.3. The van der Waals surface area contributed by atoms with E-state index in [1.54, 1.807) is 37.3 Å². The molecular formula is C24H25N3O5. The van der Waals surface area contributed by atoms with Crippen LogP contribution in [0.4, 0.5) is 10.5 Å². The smallest absolute Gasteiger partial charge is 0.319 e. The Hall–Kier alpha value is -3.94. The van der Waals surface area contributed by atoms with E-state index < -0.39 is 0 Å². The molecule has 32 heavy (non-hydrogen) atoms. The van der Waals surface area contributed by atoms with Gasteiger partial charge >= 0.3 is 6.03 Å². The molecule has 0 aliphatic carbocycles. The fourth-order valence-corrected chi connectivity index (χ4v) is 3.71. The maximum Gasteiger partial charge on any atom is 0.319 e. The second-order valence-corrected chi connectivity index (χ2v) is 7.43. The fraction of sp³-hybridized carbons (Fsp3) is 0.250. The zero-order chi connectivity index (χ0) is 22.5. The van der Waals surface area contributed by atoms with Crippen molar-refractivity contribution >= 4 is 17.6 Å². The number of nitrogens with one attached hydrogen (secondary N) is 2. The molecule has 0 saturated heterocycles. The number of carbonyl (C=O) groups excluding carboxylic acids is 2. The lowest BCUT2D eigenvalue weighted by atomic mass is 9.99. The van der Waals surface area contributed by atoms with E-state index in [1.165, 1.54) is 11.8 Å². The van der Waals surface area contributed by atoms with E-state index in [0.717, 1.165) is 17.5 Å². The molecule has 0 atom stereocenters. The Balaban J connectivity index is 1.36. The summed E-state index contributed by atoms with van der Waals surface area (Å²) in [6.07, 6.45) is 2.25. The molecule has 2 heterocycles. The van der Waals surface area contributed by atoms with Gasteiger partial charge < -0.3 is 29.4 Å². The van der Waals surface area contributed by atoms with Crippen molar-refractivity contribution in [1.29, 1.82) is 0 Å². The van der Waals surface area contributed by atoms with Gasteiger partial charge in [0.2, 0.25) is 0 Å². The van der Waals surface area contributed by atoms with Crippen LogP contribution in [0.1, 0.15) is 27.2 Å². The highest BCUT2D eigenvalue weighted by Gasteiger charge is 2.23. The molecule has 3 amide bonds. The molecule has 2 aromatic carbocycles. The summed E-state index contributed by atoms with van der Waals surface area (Å²) in [7, 11) is 3.15. The van der Waals surface area contributed by atoms with Crippen LogP contribution in [0.5, 0.6) is 11.5 Å². The maximum absolute atomic E-state index is 12.6. The molecule has 2 N–H and O–H groups in total. The van der Waals surface area contributed by atoms with Gasteiger partial charge in [0.25, 0.3) is 5.91 Å². The summed E-state index contributed by atoms with van der Waals surface area (Å²) in [6, 6.07) is 14.3. The summed E-state index contributed by atoms with van der Waals surface area (Å²) in [5.41, 5.74) is 3.73. The maximum atomic E-state index is 12.6. The summed E-state index contributed by atoms with van der Waals surface area (Å²) in [5, 5.41) is 5.70. The standard InChI is InChI=1S/C24H25N3O5/c1-30-20-8-5-16(12-22(20)31-2)14-25-24(29)26-19-7-6-17-9-10-27(15-18(17)13-19)23(28)21-4-3-11-32-21/h3-8,11-13H,9-10,14-15H2,1-2H3,(H2,25,26,29). The first-order chi connectivity index (χ1) is 15.6. The van der Waals surface area contributed by atoms with Crippen LogP contribution in [0, 0.1) is 0 Å². The van der Waals surface area contributed by atoms with Gasteiger partial charge in [-0.15, -0.1) is 0 Å². The fourth-order valence-electron chi connectivity index (χ4n) is 3.71. The molecule has 1 aliphatic heterocycles. The monoisotopic (exact) mass is 435 g/mol. The van der Waals surface area contributed by atoms with E-state index in [1.807, 2.05) is 30.3 Å². The minimum atomic E-state index is -0.320. The van der Waals surface area contributed by atoms with E-state index in [9.17, 15) is 9.59 Å². The number of fused-ring (bicyclic) bond motifs is 1. The van der Waals surface area contributed by atoms with Crippen LogP contribution < -0.4 is 20.1 Å². The molecule has 0 bridgehead atoms. The summed E-state index contributed by atoms with van der Waals surface area (Å²) in [6.45, 7) is 1.44. The number of carbonyl (C=O) groups is 2. The van der Waals surface area contributed by atoms with Crippen molar-refractivity contribution in [3.8, 4) is 11.5 Å². The molecule has 8 nitrogen and oxygen atoms in total. The average molecular weight is 435 g/mol. The molecule has 3 aromatic rings. The molecule has 0 spiro atoms. The number of benzene rings is 2. The van der Waals surface area contributed by atoms with Crippen molar-refractivity contribution in [1.82, 2.24) is 10.2 Å². The SMILES string of the molecule is COc1ccc(CNC(=O)Nc2ccc3c(c2)CN(C(=O)c2ccco2)CC3)cc1OC. The van der Waals surface area contributed by atoms with Crippen LogP contribution in [-0.2, 0) is 19.5 Å². The highest BCUT2D eigenvalue weighted by atomic mass is 16.5. The van der Waals surface area contributed by atoms with Gasteiger partial charge in [-0.1, -0.05) is 12.1 Å². The predicted octanol–water partition coefficient (Wildman–Crippen LogP) is 3.82. The molecule has 166 valence electrons. The minimum Gasteiger partial charge on any atom is -0.493 e. The van der Waals surface area contributed by atoms with Crippen molar-refractivity contribution in [3.63, 3.8) is 0 Å². The summed E-state index contributed by atoms with van der Waals surface area (Å²) in [5.74, 6) is 1.44. The van der Waals surface area contributed by atoms with Crippen LogP contribution in [-0.4, -0.2) is 37.6 Å². The lowest BCUT2D eigenvalue weighted by Gasteiger charge is -2.28. The van der Waals surface area contributed by atoms with Crippen LogP contribution >= 0.6 is 0 Å². The summed E-state index contributed by atoms with van der Waals surface area (Å²) in [4.78, 5) is 26.7. The first kappa shape index (κ1) is 21.3. The molecule has 4 rings (SSSR count). The number of ether oxygens (including phenoxy) is 2. The first-order valence-corrected chi connectivity index (χ1v) is 10.3. The second-order valence-electron chi connectivity index (χ2n) is 7.43. The van der Waals surface area contributed by atoms with E-state index in [0.29, 0.717) is 42.6 Å². The van der Waals surface area contributed by atoms with Crippen LogP contribution in [0.15, 0.2) is 59.2 Å². The lowest BCUT2D eigenvalue weighted by Crippen LogP contribution is -2.36. The Morgan fingerprint density at radius 3 is 2.62 bits per heavy atom. The molecule has 0 radical (unpaired) electrons. The Morgan fingerprint density at radius 1 is 1.03 bits per heavy atom. The zero-order valence-corrected chi connectivity index (χ0v) is 18.0. The van der Waals surface area contributed by atoms with Gasteiger partial charge in [0.1, 0.15) is 0 Å². The number of hydrogen-bond donors (Lipinski definition) is 2. The number of anilines is 1. The molecule has 8 heteroatoms. The molecule has 0 unspecified atom stereocenters. The lowest BCUT2D eigenvalue weighted by molar-refractivity contribution is 0.0702. The number of amides is 3. The molecular weight excluding hydrogens is 410 g/mol. The van der Waals surface area contributed by atoms with E-state index >= 15 is 0 Å². The number of methoxy groups -OCH3 is 2. The number of urea groups is 1. The Labute approximate surface area is 186 Å². The van der Waals surface area contributed by atoms with E-state index in [2.05, 4.69) is 10.6 Å². The molecule has 1 aliphatic rings. The Morgan fingerprint density at radius 2 is 1.88 bits per heavy atom. The van der Waals surface area contributed by atoms with Gasteiger partial charge in [-0.05, 0) is 59.5 Å². The topological polar surface area (TPSA) is 93.0 Å². The van der Waals surface area contributed by atoms with Gasteiger partial charge in [0.05, 0.1) is 20.5 Å². The van der Waals surface area contributed by atoms with Gasteiger partial charge in [-0.25, -0.2) is 4.79 Å². The van der Waals surface area contributed by atoms with Crippen LogP contribution in [0.3, 0.4) is 0 Å². The normalized spacial score (nSPS) is 12.6. The third-order valence-electron chi connectivity index (χ3n) is 5.40. The van der Waals surface area contributed by atoms with Crippen LogP contribution in [0.25, 0.3) is 0 Å². The molecule has 1 aromatic heterocycles. The van der Waals surface area contributed by atoms with Crippen molar-refractivity contribution in [2.45, 2.75) is 19.5 Å². The largest absolute Gasteiger partial charge is 0.493 e. The van der Waals surface area contributed by atoms with E-state index in [-0.39, 0.29) is 11.9 Å². The molecule has 0 fully saturated rings. The average Bonchev–Trinajstić information content (AvgIpc) is 3.36. The Bertz CT molecular complexity index is 1110. The van der Waals surface area contributed by atoms with Gasteiger partial charge in [-0.3, -0.25) is 4.79 Å². The van der Waals surface area contributed by atoms with Gasteiger partial charge in [0, 0.05) is 25.3 Å². The number of nitrogens with zero attached hydrogens (tertiary/aromatic N) is 1. The minimum absolute atomic E-state index is 0.133. The van der Waals surface area contributed by atoms with Crippen molar-refractivity contribution in [3.05, 3.63) is 77.2 Å². The quantitative estimate of drug-likeness (QED) is 0.614. The van der Waals surface area contributed by atoms with Gasteiger partial charge in [-0.2, -0.15) is 0 Å². The highest BCUT2D eigenvalue weighted by Crippen LogP contribution is 2.27. The third kappa shape index (κ3) is 4.69. The zero-order valence-electron chi connectivity index (χ0n) is 18.0. The molecule has 0 saturated carbocycles. The van der Waals surface area contributed by atoms with Crippen molar-refractivity contribution in [2.75, 3.05) is 26.1 Å². The highest BCUT2D eigenvalue weighted by molar-refractivity contribution is 5.92. The van der Waals surface area contributed by atoms with E-state index in [4.69, 9.17) is 13.9 Å². The van der Waals surface area contributed by atoms with Crippen molar-refractivity contribution in [2.24, 2.45) is 0 Å². The number of hydrogen-bond acceptors (Lipinski definition) is 5. The number of furan rings is 1. The predicted molar refractivity (Wildman–Crippen MR) is 119 cm³/mol. The number of rotatable bonds is 6. The summed E-state index contributed by atoms with van der Waals surface area (Å²) < 4.78 is 15.8.